The number of fused-ring (bicyclic) bond motifs is 1. The van der Waals surface area contributed by atoms with E-state index in [9.17, 15) is 0 Å². The summed E-state index contributed by atoms with van der Waals surface area (Å²) in [5.74, 6) is 0.637. The summed E-state index contributed by atoms with van der Waals surface area (Å²) >= 11 is 0. The lowest BCUT2D eigenvalue weighted by Crippen LogP contribution is -2.08. The Morgan fingerprint density at radius 3 is 3.43 bits per heavy atom. The number of hydrogen-bond acceptors (Lipinski definition) is 2. The summed E-state index contributed by atoms with van der Waals surface area (Å²) in [6.45, 7) is 6.64. The van der Waals surface area contributed by atoms with Crippen molar-refractivity contribution >= 4 is 0 Å². The molecule has 2 heteroatoms. The standard InChI is InChI=1S/C12H16O2/c1-2-5-13-7-10-3-4-11-8-14-9-12(11)6-10/h2-3,6,11H,1,4-5,7-9H2. The van der Waals surface area contributed by atoms with Gasteiger partial charge in [-0.05, 0) is 17.6 Å². The van der Waals surface area contributed by atoms with Crippen molar-refractivity contribution in [2.24, 2.45) is 5.92 Å². The van der Waals surface area contributed by atoms with Crippen LogP contribution in [0.1, 0.15) is 6.42 Å². The molecular weight excluding hydrogens is 176 g/mol. The van der Waals surface area contributed by atoms with Crippen molar-refractivity contribution in [3.05, 3.63) is 36.0 Å². The van der Waals surface area contributed by atoms with Gasteiger partial charge in [0.25, 0.3) is 0 Å². The van der Waals surface area contributed by atoms with Crippen LogP contribution in [0.2, 0.25) is 0 Å². The normalized spacial score (nSPS) is 25.3. The second-order valence-corrected chi connectivity index (χ2v) is 3.75. The highest BCUT2D eigenvalue weighted by Gasteiger charge is 2.23. The molecule has 2 nitrogen and oxygen atoms in total. The molecule has 0 spiro atoms. The van der Waals surface area contributed by atoms with Gasteiger partial charge in [-0.1, -0.05) is 18.2 Å². The molecule has 1 atom stereocenters. The Morgan fingerprint density at radius 2 is 2.57 bits per heavy atom. The Bertz CT molecular complexity index is 276. The number of allylic oxidation sites excluding steroid dienone is 1. The van der Waals surface area contributed by atoms with Crippen LogP contribution in [0.25, 0.3) is 0 Å². The fourth-order valence-corrected chi connectivity index (χ4v) is 1.87. The maximum atomic E-state index is 5.41. The summed E-state index contributed by atoms with van der Waals surface area (Å²) in [6.07, 6.45) is 7.37. The fraction of sp³-hybridized carbons (Fsp3) is 0.500. The van der Waals surface area contributed by atoms with Crippen LogP contribution in [0.4, 0.5) is 0 Å². The Balaban J connectivity index is 1.88. The van der Waals surface area contributed by atoms with Crippen LogP contribution in [0.5, 0.6) is 0 Å². The SMILES string of the molecule is C=CCOCC1=CCC2COCC2=C1. The Labute approximate surface area is 84.9 Å². The minimum absolute atomic E-state index is 0.625. The van der Waals surface area contributed by atoms with E-state index in [1.807, 2.05) is 0 Å². The zero-order valence-corrected chi connectivity index (χ0v) is 8.37. The first kappa shape index (κ1) is 9.69. The zero-order valence-electron chi connectivity index (χ0n) is 8.37. The molecule has 1 unspecified atom stereocenters. The predicted octanol–water partition coefficient (Wildman–Crippen LogP) is 2.09. The van der Waals surface area contributed by atoms with Crippen molar-refractivity contribution in [2.75, 3.05) is 26.4 Å². The van der Waals surface area contributed by atoms with Gasteiger partial charge in [0.1, 0.15) is 0 Å². The average molecular weight is 192 g/mol. The van der Waals surface area contributed by atoms with Crippen LogP contribution >= 0.6 is 0 Å². The monoisotopic (exact) mass is 192 g/mol. The third-order valence-electron chi connectivity index (χ3n) is 2.65. The van der Waals surface area contributed by atoms with Crippen LogP contribution in [0.3, 0.4) is 0 Å². The van der Waals surface area contributed by atoms with Gasteiger partial charge in [0, 0.05) is 5.92 Å². The maximum Gasteiger partial charge on any atom is 0.0718 e. The van der Waals surface area contributed by atoms with E-state index in [4.69, 9.17) is 9.47 Å². The van der Waals surface area contributed by atoms with Gasteiger partial charge in [0.2, 0.25) is 0 Å². The number of rotatable bonds is 4. The summed E-state index contributed by atoms with van der Waals surface area (Å²) in [5, 5.41) is 0. The van der Waals surface area contributed by atoms with Gasteiger partial charge in [0.15, 0.2) is 0 Å². The van der Waals surface area contributed by atoms with Gasteiger partial charge in [-0.3, -0.25) is 0 Å². The highest BCUT2D eigenvalue weighted by atomic mass is 16.5. The molecule has 0 aromatic carbocycles. The minimum Gasteiger partial charge on any atom is -0.376 e. The molecule has 0 radical (unpaired) electrons. The lowest BCUT2D eigenvalue weighted by molar-refractivity contribution is 0.187. The molecule has 2 rings (SSSR count). The Hall–Kier alpha value is -0.860. The molecule has 1 fully saturated rings. The summed E-state index contributed by atoms with van der Waals surface area (Å²) in [7, 11) is 0. The quantitative estimate of drug-likeness (QED) is 0.501. The molecule has 0 N–H and O–H groups in total. The van der Waals surface area contributed by atoms with Gasteiger partial charge in [0.05, 0.1) is 26.4 Å². The van der Waals surface area contributed by atoms with E-state index in [1.165, 1.54) is 11.1 Å². The topological polar surface area (TPSA) is 18.5 Å². The van der Waals surface area contributed by atoms with Gasteiger partial charge < -0.3 is 9.47 Å². The molecule has 14 heavy (non-hydrogen) atoms. The van der Waals surface area contributed by atoms with Crippen LogP contribution in [-0.2, 0) is 9.47 Å². The van der Waals surface area contributed by atoms with Crippen molar-refractivity contribution in [2.45, 2.75) is 6.42 Å². The van der Waals surface area contributed by atoms with E-state index in [0.29, 0.717) is 19.1 Å². The highest BCUT2D eigenvalue weighted by molar-refractivity contribution is 5.31. The molecule has 1 saturated heterocycles. The number of ether oxygens (including phenoxy) is 2. The Morgan fingerprint density at radius 1 is 1.64 bits per heavy atom. The fourth-order valence-electron chi connectivity index (χ4n) is 1.87. The molecule has 0 bridgehead atoms. The van der Waals surface area contributed by atoms with Gasteiger partial charge >= 0.3 is 0 Å². The largest absolute Gasteiger partial charge is 0.376 e. The molecule has 2 aliphatic rings. The van der Waals surface area contributed by atoms with Gasteiger partial charge in [-0.15, -0.1) is 6.58 Å². The summed E-state index contributed by atoms with van der Waals surface area (Å²) in [6, 6.07) is 0. The van der Waals surface area contributed by atoms with Crippen LogP contribution < -0.4 is 0 Å². The number of hydrogen-bond donors (Lipinski definition) is 0. The molecule has 0 aromatic heterocycles. The summed E-state index contributed by atoms with van der Waals surface area (Å²) in [4.78, 5) is 0. The summed E-state index contributed by atoms with van der Waals surface area (Å²) in [5.41, 5.74) is 2.72. The first-order chi connectivity index (χ1) is 6.90. The lowest BCUT2D eigenvalue weighted by Gasteiger charge is -2.15. The van der Waals surface area contributed by atoms with Crippen LogP contribution in [0.15, 0.2) is 36.0 Å². The van der Waals surface area contributed by atoms with Crippen molar-refractivity contribution in [1.82, 2.24) is 0 Å². The van der Waals surface area contributed by atoms with E-state index >= 15 is 0 Å². The van der Waals surface area contributed by atoms with Crippen molar-refractivity contribution in [3.63, 3.8) is 0 Å². The summed E-state index contributed by atoms with van der Waals surface area (Å²) < 4.78 is 10.8. The second kappa shape index (κ2) is 4.58. The minimum atomic E-state index is 0.625. The smallest absolute Gasteiger partial charge is 0.0718 e. The second-order valence-electron chi connectivity index (χ2n) is 3.75. The van der Waals surface area contributed by atoms with E-state index in [0.717, 1.165) is 19.6 Å². The first-order valence-corrected chi connectivity index (χ1v) is 5.06. The lowest BCUT2D eigenvalue weighted by atomic mass is 9.91. The highest BCUT2D eigenvalue weighted by Crippen LogP contribution is 2.29. The van der Waals surface area contributed by atoms with Crippen molar-refractivity contribution in [1.29, 1.82) is 0 Å². The molecule has 1 aliphatic carbocycles. The molecule has 1 heterocycles. The maximum absolute atomic E-state index is 5.41. The van der Waals surface area contributed by atoms with E-state index < -0.39 is 0 Å². The van der Waals surface area contributed by atoms with E-state index in [1.54, 1.807) is 6.08 Å². The first-order valence-electron chi connectivity index (χ1n) is 5.06. The molecule has 0 aromatic rings. The van der Waals surface area contributed by atoms with E-state index in [-0.39, 0.29) is 0 Å². The molecule has 0 saturated carbocycles. The predicted molar refractivity (Wildman–Crippen MR) is 56.1 cm³/mol. The molecule has 76 valence electrons. The van der Waals surface area contributed by atoms with Gasteiger partial charge in [-0.2, -0.15) is 0 Å². The van der Waals surface area contributed by atoms with Crippen molar-refractivity contribution in [3.8, 4) is 0 Å². The molecule has 0 amide bonds. The third kappa shape index (κ3) is 2.14. The van der Waals surface area contributed by atoms with Crippen molar-refractivity contribution < 1.29 is 9.47 Å². The zero-order chi connectivity index (χ0) is 9.80. The Kier molecular flexibility index (Phi) is 3.17. The van der Waals surface area contributed by atoms with Gasteiger partial charge in [-0.25, -0.2) is 0 Å². The average Bonchev–Trinajstić information content (AvgIpc) is 2.65. The molecular formula is C12H16O2. The molecule has 1 aliphatic heterocycles. The van der Waals surface area contributed by atoms with Crippen LogP contribution in [0, 0.1) is 5.92 Å². The van der Waals surface area contributed by atoms with Crippen LogP contribution in [-0.4, -0.2) is 26.4 Å². The van der Waals surface area contributed by atoms with E-state index in [2.05, 4.69) is 18.7 Å². The third-order valence-corrected chi connectivity index (χ3v) is 2.65.